The van der Waals surface area contributed by atoms with E-state index >= 15 is 0 Å². The van der Waals surface area contributed by atoms with Crippen LogP contribution in [-0.2, 0) is 10.0 Å². The number of aryl methyl sites for hydroxylation is 1. The summed E-state index contributed by atoms with van der Waals surface area (Å²) in [6.45, 7) is 1.90. The molecule has 2 aromatic carbocycles. The minimum Gasteiger partial charge on any atom is -0.321 e. The summed E-state index contributed by atoms with van der Waals surface area (Å²) in [5.74, 6) is -0.413. The number of rotatable bonds is 5. The predicted molar refractivity (Wildman–Crippen MR) is 93.9 cm³/mol. The molecule has 0 aromatic heterocycles. The molecule has 1 fully saturated rings. The summed E-state index contributed by atoms with van der Waals surface area (Å²) in [5, 5.41) is 3.13. The maximum atomic E-state index is 12.4. The average Bonchev–Trinajstić information content (AvgIpc) is 3.33. The molecule has 24 heavy (non-hydrogen) atoms. The van der Waals surface area contributed by atoms with Gasteiger partial charge in [0.2, 0.25) is 10.0 Å². The molecule has 1 aliphatic carbocycles. The van der Waals surface area contributed by atoms with Crippen molar-refractivity contribution < 1.29 is 13.2 Å². The SMILES string of the molecule is Cc1ccc(NC(=O)c2cccc(S(=O)(=O)NC3CC3)c2)c(Cl)c1. The summed E-state index contributed by atoms with van der Waals surface area (Å²) in [6.07, 6.45) is 1.71. The Labute approximate surface area is 146 Å². The van der Waals surface area contributed by atoms with Crippen LogP contribution in [0.4, 0.5) is 5.69 Å². The molecule has 0 radical (unpaired) electrons. The van der Waals surface area contributed by atoms with Crippen molar-refractivity contribution in [1.29, 1.82) is 0 Å². The van der Waals surface area contributed by atoms with Crippen molar-refractivity contribution in [3.8, 4) is 0 Å². The van der Waals surface area contributed by atoms with E-state index in [-0.39, 0.29) is 16.5 Å². The Kier molecular flexibility index (Phi) is 4.62. The van der Waals surface area contributed by atoms with Gasteiger partial charge in [0.1, 0.15) is 0 Å². The quantitative estimate of drug-likeness (QED) is 0.854. The second-order valence-electron chi connectivity index (χ2n) is 5.86. The van der Waals surface area contributed by atoms with Crippen molar-refractivity contribution >= 4 is 33.2 Å². The van der Waals surface area contributed by atoms with Crippen LogP contribution in [0.25, 0.3) is 0 Å². The van der Waals surface area contributed by atoms with Crippen molar-refractivity contribution in [3.63, 3.8) is 0 Å². The van der Waals surface area contributed by atoms with Crippen LogP contribution in [0.3, 0.4) is 0 Å². The molecular formula is C17H17ClN2O3S. The summed E-state index contributed by atoms with van der Waals surface area (Å²) in [4.78, 5) is 12.5. The number of halogens is 1. The molecule has 0 atom stereocenters. The van der Waals surface area contributed by atoms with E-state index in [1.807, 2.05) is 13.0 Å². The Bertz CT molecular complexity index is 892. The van der Waals surface area contributed by atoms with E-state index in [9.17, 15) is 13.2 Å². The monoisotopic (exact) mass is 364 g/mol. The lowest BCUT2D eigenvalue weighted by molar-refractivity contribution is 0.102. The van der Waals surface area contributed by atoms with Gasteiger partial charge < -0.3 is 5.32 Å². The van der Waals surface area contributed by atoms with Gasteiger partial charge in [0, 0.05) is 11.6 Å². The molecule has 1 amide bonds. The number of benzene rings is 2. The van der Waals surface area contributed by atoms with Gasteiger partial charge in [-0.2, -0.15) is 0 Å². The standard InChI is InChI=1S/C17H17ClN2O3S/c1-11-5-8-16(15(18)9-11)19-17(21)12-3-2-4-14(10-12)24(22,23)20-13-6-7-13/h2-5,8-10,13,20H,6-7H2,1H3,(H,19,21). The van der Waals surface area contributed by atoms with Gasteiger partial charge in [0.15, 0.2) is 0 Å². The lowest BCUT2D eigenvalue weighted by atomic mass is 10.2. The lowest BCUT2D eigenvalue weighted by Crippen LogP contribution is -2.26. The Balaban J connectivity index is 1.81. The summed E-state index contributed by atoms with van der Waals surface area (Å²) >= 11 is 6.11. The highest BCUT2D eigenvalue weighted by Crippen LogP contribution is 2.24. The van der Waals surface area contributed by atoms with Crippen molar-refractivity contribution in [2.24, 2.45) is 0 Å². The van der Waals surface area contributed by atoms with Crippen LogP contribution in [-0.4, -0.2) is 20.4 Å². The molecule has 2 N–H and O–H groups in total. The lowest BCUT2D eigenvalue weighted by Gasteiger charge is -2.10. The third kappa shape index (κ3) is 3.95. The highest BCUT2D eigenvalue weighted by Gasteiger charge is 2.28. The van der Waals surface area contributed by atoms with Crippen molar-refractivity contribution in [3.05, 3.63) is 58.6 Å². The van der Waals surface area contributed by atoms with E-state index < -0.39 is 15.9 Å². The normalized spacial score (nSPS) is 14.4. The zero-order valence-corrected chi connectivity index (χ0v) is 14.6. The number of anilines is 1. The van der Waals surface area contributed by atoms with Crippen LogP contribution >= 0.6 is 11.6 Å². The zero-order valence-electron chi connectivity index (χ0n) is 13.0. The Morgan fingerprint density at radius 1 is 1.17 bits per heavy atom. The van der Waals surface area contributed by atoms with Gasteiger partial charge >= 0.3 is 0 Å². The third-order valence-electron chi connectivity index (χ3n) is 3.68. The van der Waals surface area contributed by atoms with Crippen LogP contribution in [0.2, 0.25) is 5.02 Å². The first-order chi connectivity index (χ1) is 11.3. The predicted octanol–water partition coefficient (Wildman–Crippen LogP) is 3.34. The molecule has 0 unspecified atom stereocenters. The number of hydrogen-bond acceptors (Lipinski definition) is 3. The molecule has 0 heterocycles. The fourth-order valence-corrected chi connectivity index (χ4v) is 3.84. The minimum absolute atomic E-state index is 0.0128. The molecule has 0 spiro atoms. The smallest absolute Gasteiger partial charge is 0.255 e. The maximum absolute atomic E-state index is 12.4. The Morgan fingerprint density at radius 2 is 1.92 bits per heavy atom. The highest BCUT2D eigenvalue weighted by atomic mass is 35.5. The molecule has 1 saturated carbocycles. The summed E-state index contributed by atoms with van der Waals surface area (Å²) < 4.78 is 27.1. The number of hydrogen-bond donors (Lipinski definition) is 2. The Hall–Kier alpha value is -1.89. The van der Waals surface area contributed by atoms with E-state index in [1.54, 1.807) is 24.3 Å². The van der Waals surface area contributed by atoms with E-state index in [2.05, 4.69) is 10.0 Å². The topological polar surface area (TPSA) is 75.3 Å². The van der Waals surface area contributed by atoms with Gasteiger partial charge in [0.05, 0.1) is 15.6 Å². The van der Waals surface area contributed by atoms with Gasteiger partial charge in [-0.1, -0.05) is 23.7 Å². The number of amides is 1. The van der Waals surface area contributed by atoms with Crippen molar-refractivity contribution in [2.75, 3.05) is 5.32 Å². The first kappa shape index (κ1) is 17.0. The minimum atomic E-state index is -3.60. The number of nitrogens with one attached hydrogen (secondary N) is 2. The number of carbonyl (C=O) groups is 1. The van der Waals surface area contributed by atoms with Crippen LogP contribution in [0.1, 0.15) is 28.8 Å². The van der Waals surface area contributed by atoms with E-state index in [4.69, 9.17) is 11.6 Å². The molecule has 3 rings (SSSR count). The van der Waals surface area contributed by atoms with Crippen LogP contribution in [0.15, 0.2) is 47.4 Å². The van der Waals surface area contributed by atoms with Crippen molar-refractivity contribution in [2.45, 2.75) is 30.7 Å². The first-order valence-corrected chi connectivity index (χ1v) is 9.41. The summed E-state index contributed by atoms with van der Waals surface area (Å²) in [7, 11) is -3.60. The largest absolute Gasteiger partial charge is 0.321 e. The van der Waals surface area contributed by atoms with E-state index in [1.165, 1.54) is 12.1 Å². The van der Waals surface area contributed by atoms with Gasteiger partial charge in [-0.25, -0.2) is 13.1 Å². The molecule has 0 bridgehead atoms. The number of carbonyl (C=O) groups excluding carboxylic acids is 1. The first-order valence-electron chi connectivity index (χ1n) is 7.55. The molecule has 2 aromatic rings. The molecule has 126 valence electrons. The molecule has 0 saturated heterocycles. The van der Waals surface area contributed by atoms with E-state index in [0.29, 0.717) is 10.7 Å². The van der Waals surface area contributed by atoms with Crippen LogP contribution in [0, 0.1) is 6.92 Å². The molecule has 5 nitrogen and oxygen atoms in total. The highest BCUT2D eigenvalue weighted by molar-refractivity contribution is 7.89. The molecule has 7 heteroatoms. The van der Waals surface area contributed by atoms with Gasteiger partial charge in [-0.05, 0) is 55.7 Å². The molecular weight excluding hydrogens is 348 g/mol. The van der Waals surface area contributed by atoms with Crippen LogP contribution < -0.4 is 10.0 Å². The van der Waals surface area contributed by atoms with Crippen molar-refractivity contribution in [1.82, 2.24) is 4.72 Å². The fourth-order valence-electron chi connectivity index (χ4n) is 2.21. The Morgan fingerprint density at radius 3 is 2.58 bits per heavy atom. The third-order valence-corrected chi connectivity index (χ3v) is 5.51. The van der Waals surface area contributed by atoms with Gasteiger partial charge in [-0.15, -0.1) is 0 Å². The molecule has 0 aliphatic heterocycles. The average molecular weight is 365 g/mol. The fraction of sp³-hybridized carbons (Fsp3) is 0.235. The number of sulfonamides is 1. The molecule has 1 aliphatic rings. The second kappa shape index (κ2) is 6.55. The van der Waals surface area contributed by atoms with E-state index in [0.717, 1.165) is 18.4 Å². The second-order valence-corrected chi connectivity index (χ2v) is 7.98. The zero-order chi connectivity index (χ0) is 17.3. The summed E-state index contributed by atoms with van der Waals surface area (Å²) in [6, 6.07) is 11.3. The van der Waals surface area contributed by atoms with Crippen LogP contribution in [0.5, 0.6) is 0 Å². The van der Waals surface area contributed by atoms with Gasteiger partial charge in [-0.3, -0.25) is 4.79 Å². The van der Waals surface area contributed by atoms with Gasteiger partial charge in [0.25, 0.3) is 5.91 Å². The summed E-state index contributed by atoms with van der Waals surface area (Å²) in [5.41, 5.74) is 1.72. The maximum Gasteiger partial charge on any atom is 0.255 e.